The van der Waals surface area contributed by atoms with Crippen LogP contribution in [0.2, 0.25) is 0 Å². The van der Waals surface area contributed by atoms with Crippen LogP contribution in [0.1, 0.15) is 30.2 Å². The van der Waals surface area contributed by atoms with Crippen molar-refractivity contribution in [2.24, 2.45) is 0 Å². The maximum absolute atomic E-state index is 13.8. The summed E-state index contributed by atoms with van der Waals surface area (Å²) < 4.78 is 25.2. The zero-order valence-electron chi connectivity index (χ0n) is 14.8. The lowest BCUT2D eigenvalue weighted by molar-refractivity contribution is -0.122. The Morgan fingerprint density at radius 3 is 2.78 bits per heavy atom. The molecule has 27 heavy (non-hydrogen) atoms. The number of furan rings is 1. The van der Waals surface area contributed by atoms with E-state index in [0.717, 1.165) is 17.7 Å². The number of nitrogens with one attached hydrogen (secondary N) is 1. The van der Waals surface area contributed by atoms with Gasteiger partial charge < -0.3 is 14.5 Å². The number of fused-ring (bicyclic) bond motifs is 1. The second-order valence-corrected chi connectivity index (χ2v) is 6.54. The predicted octanol–water partition coefficient (Wildman–Crippen LogP) is 4.66. The molecule has 0 spiro atoms. The lowest BCUT2D eigenvalue weighted by Gasteiger charge is -2.26. The van der Waals surface area contributed by atoms with Crippen LogP contribution >= 0.6 is 0 Å². The van der Waals surface area contributed by atoms with E-state index < -0.39 is 0 Å². The fraction of sp³-hybridized carbons (Fsp3) is 0.227. The third-order valence-corrected chi connectivity index (χ3v) is 4.69. The monoisotopic (exact) mass is 365 g/mol. The van der Waals surface area contributed by atoms with Gasteiger partial charge in [0.15, 0.2) is 0 Å². The number of benzene rings is 2. The number of rotatable bonds is 5. The first-order chi connectivity index (χ1) is 13.2. The van der Waals surface area contributed by atoms with Crippen LogP contribution in [0.15, 0.2) is 65.1 Å². The smallest absolute Gasteiger partial charge is 0.220 e. The number of hydrogen-bond acceptors (Lipinski definition) is 3. The average molecular weight is 365 g/mol. The first-order valence-electron chi connectivity index (χ1n) is 9.05. The zero-order valence-corrected chi connectivity index (χ0v) is 14.8. The summed E-state index contributed by atoms with van der Waals surface area (Å²) in [6, 6.07) is 17.7. The van der Waals surface area contributed by atoms with Crippen molar-refractivity contribution in [1.29, 1.82) is 0 Å². The van der Waals surface area contributed by atoms with Gasteiger partial charge in [0.1, 0.15) is 23.1 Å². The summed E-state index contributed by atoms with van der Waals surface area (Å²) in [5, 5.41) is 3.07. The molecule has 1 aromatic heterocycles. The van der Waals surface area contributed by atoms with Gasteiger partial charge in [-0.1, -0.05) is 30.3 Å². The van der Waals surface area contributed by atoms with Crippen molar-refractivity contribution in [3.05, 3.63) is 77.8 Å². The zero-order chi connectivity index (χ0) is 18.6. The first-order valence-corrected chi connectivity index (χ1v) is 9.05. The Kier molecular flexibility index (Phi) is 4.92. The lowest BCUT2D eigenvalue weighted by atomic mass is 10.0. The standard InChI is InChI=1S/C22H20FNO3/c23-18-7-3-1-5-16(18)21-11-9-15(27-21)10-12-22(25)24-19-13-14-26-20-8-4-2-6-17(19)20/h1-9,11,19H,10,12-14H2,(H,24,25)/t19-/m0/s1. The third-order valence-electron chi connectivity index (χ3n) is 4.69. The number of carbonyl (C=O) groups is 1. The summed E-state index contributed by atoms with van der Waals surface area (Å²) in [6.45, 7) is 0.589. The minimum atomic E-state index is -0.325. The van der Waals surface area contributed by atoms with Gasteiger partial charge in [-0.3, -0.25) is 4.79 Å². The van der Waals surface area contributed by atoms with Crippen molar-refractivity contribution in [3.63, 3.8) is 0 Å². The molecule has 0 fully saturated rings. The van der Waals surface area contributed by atoms with E-state index in [9.17, 15) is 9.18 Å². The number of ether oxygens (including phenoxy) is 1. The van der Waals surface area contributed by atoms with Crippen LogP contribution in [0.25, 0.3) is 11.3 Å². The Labute approximate surface area is 157 Å². The maximum Gasteiger partial charge on any atom is 0.220 e. The fourth-order valence-electron chi connectivity index (χ4n) is 3.31. The summed E-state index contributed by atoms with van der Waals surface area (Å²) in [4.78, 5) is 12.4. The molecule has 4 rings (SSSR count). The van der Waals surface area contributed by atoms with Crippen LogP contribution in [-0.4, -0.2) is 12.5 Å². The molecule has 3 aromatic rings. The minimum absolute atomic E-state index is 0.0342. The SMILES string of the molecule is O=C(CCc1ccc(-c2ccccc2F)o1)N[C@H]1CCOc2ccccc21. The van der Waals surface area contributed by atoms with E-state index in [4.69, 9.17) is 9.15 Å². The Balaban J connectivity index is 1.36. The number of halogens is 1. The lowest BCUT2D eigenvalue weighted by Crippen LogP contribution is -2.32. The molecule has 2 heterocycles. The second kappa shape index (κ2) is 7.66. The Morgan fingerprint density at radius 2 is 1.89 bits per heavy atom. The van der Waals surface area contributed by atoms with Gasteiger partial charge in [-0.15, -0.1) is 0 Å². The number of carbonyl (C=O) groups excluding carboxylic acids is 1. The van der Waals surface area contributed by atoms with Gasteiger partial charge in [-0.25, -0.2) is 4.39 Å². The van der Waals surface area contributed by atoms with Gasteiger partial charge in [-0.05, 0) is 30.3 Å². The molecule has 5 heteroatoms. The summed E-state index contributed by atoms with van der Waals surface area (Å²) in [7, 11) is 0. The average Bonchev–Trinajstić information content (AvgIpc) is 3.16. The van der Waals surface area contributed by atoms with E-state index >= 15 is 0 Å². The van der Waals surface area contributed by atoms with E-state index in [-0.39, 0.29) is 17.8 Å². The second-order valence-electron chi connectivity index (χ2n) is 6.54. The highest BCUT2D eigenvalue weighted by atomic mass is 19.1. The minimum Gasteiger partial charge on any atom is -0.493 e. The maximum atomic E-state index is 13.8. The molecular formula is C22H20FNO3. The third kappa shape index (κ3) is 3.87. The normalized spacial score (nSPS) is 15.7. The molecule has 1 aliphatic heterocycles. The van der Waals surface area contributed by atoms with Crippen LogP contribution in [0, 0.1) is 5.82 Å². The van der Waals surface area contributed by atoms with E-state index in [1.54, 1.807) is 30.3 Å². The van der Waals surface area contributed by atoms with Gasteiger partial charge in [0, 0.05) is 24.8 Å². The summed E-state index contributed by atoms with van der Waals surface area (Å²) >= 11 is 0. The van der Waals surface area contributed by atoms with Gasteiger partial charge in [0.2, 0.25) is 5.91 Å². The topological polar surface area (TPSA) is 51.5 Å². The summed E-state index contributed by atoms with van der Waals surface area (Å²) in [6.07, 6.45) is 1.52. The Morgan fingerprint density at radius 1 is 1.07 bits per heavy atom. The van der Waals surface area contributed by atoms with E-state index in [1.165, 1.54) is 6.07 Å². The molecule has 1 N–H and O–H groups in total. The quantitative estimate of drug-likeness (QED) is 0.715. The molecule has 0 aliphatic carbocycles. The van der Waals surface area contributed by atoms with Crippen LogP contribution in [0.5, 0.6) is 5.75 Å². The molecular weight excluding hydrogens is 345 g/mol. The van der Waals surface area contributed by atoms with Crippen LogP contribution < -0.4 is 10.1 Å². The van der Waals surface area contributed by atoms with Crippen molar-refractivity contribution in [3.8, 4) is 17.1 Å². The van der Waals surface area contributed by atoms with E-state index in [1.807, 2.05) is 24.3 Å². The molecule has 1 atom stereocenters. The molecule has 1 amide bonds. The first kappa shape index (κ1) is 17.3. The Hall–Kier alpha value is -3.08. The number of aryl methyl sites for hydroxylation is 1. The van der Waals surface area contributed by atoms with Gasteiger partial charge in [0.25, 0.3) is 0 Å². The molecule has 0 radical (unpaired) electrons. The molecule has 1 aliphatic rings. The van der Waals surface area contributed by atoms with Gasteiger partial charge >= 0.3 is 0 Å². The summed E-state index contributed by atoms with van der Waals surface area (Å²) in [5.41, 5.74) is 1.43. The molecule has 0 saturated carbocycles. The molecule has 0 bridgehead atoms. The molecule has 0 saturated heterocycles. The van der Waals surface area contributed by atoms with Crippen molar-refractivity contribution in [1.82, 2.24) is 5.32 Å². The highest BCUT2D eigenvalue weighted by molar-refractivity contribution is 5.76. The van der Waals surface area contributed by atoms with E-state index in [2.05, 4.69) is 5.32 Å². The molecule has 2 aromatic carbocycles. The number of amides is 1. The van der Waals surface area contributed by atoms with Crippen molar-refractivity contribution >= 4 is 5.91 Å². The van der Waals surface area contributed by atoms with Crippen molar-refractivity contribution in [2.75, 3.05) is 6.61 Å². The molecule has 138 valence electrons. The van der Waals surface area contributed by atoms with Gasteiger partial charge in [0.05, 0.1) is 18.2 Å². The fourth-order valence-corrected chi connectivity index (χ4v) is 3.31. The van der Waals surface area contributed by atoms with Gasteiger partial charge in [-0.2, -0.15) is 0 Å². The van der Waals surface area contributed by atoms with E-state index in [0.29, 0.717) is 36.5 Å². The number of hydrogen-bond donors (Lipinski definition) is 1. The highest BCUT2D eigenvalue weighted by Crippen LogP contribution is 2.31. The predicted molar refractivity (Wildman–Crippen MR) is 99.9 cm³/mol. The number of para-hydroxylation sites is 1. The van der Waals surface area contributed by atoms with Crippen LogP contribution in [-0.2, 0) is 11.2 Å². The van der Waals surface area contributed by atoms with Crippen molar-refractivity contribution < 1.29 is 18.3 Å². The van der Waals surface area contributed by atoms with Crippen molar-refractivity contribution in [2.45, 2.75) is 25.3 Å². The summed E-state index contributed by atoms with van der Waals surface area (Å²) in [5.74, 6) is 1.60. The molecule has 0 unspecified atom stereocenters. The highest BCUT2D eigenvalue weighted by Gasteiger charge is 2.22. The molecule has 4 nitrogen and oxygen atoms in total. The van der Waals surface area contributed by atoms with Crippen LogP contribution in [0.4, 0.5) is 4.39 Å². The Bertz CT molecular complexity index is 950. The largest absolute Gasteiger partial charge is 0.493 e. The van der Waals surface area contributed by atoms with Crippen LogP contribution in [0.3, 0.4) is 0 Å².